The second-order valence-electron chi connectivity index (χ2n) is 5.30. The first-order valence-electron chi connectivity index (χ1n) is 7.48. The van der Waals surface area contributed by atoms with E-state index in [0.717, 1.165) is 26.1 Å². The lowest BCUT2D eigenvalue weighted by atomic mass is 10.1. The molecule has 0 saturated carbocycles. The topological polar surface area (TPSA) is 58.6 Å². The zero-order valence-electron chi connectivity index (χ0n) is 12.5. The minimum Gasteiger partial charge on any atom is -0.495 e. The predicted molar refractivity (Wildman–Crippen MR) is 83.1 cm³/mol. The van der Waals surface area contributed by atoms with Crippen molar-refractivity contribution in [1.29, 1.82) is 0 Å². The molecule has 0 bridgehead atoms. The standard InChI is InChI=1S/C15H24N2O3S/c1-20-14-8-3-4-9-15(14)21(18,19)16-10-7-13-17-11-5-2-6-12-17/h3-4,8-9,16H,2,5-7,10-13H2,1H3. The van der Waals surface area contributed by atoms with Crippen LogP contribution < -0.4 is 9.46 Å². The molecule has 21 heavy (non-hydrogen) atoms. The molecule has 2 rings (SSSR count). The highest BCUT2D eigenvalue weighted by Gasteiger charge is 2.18. The van der Waals surface area contributed by atoms with E-state index in [1.54, 1.807) is 24.3 Å². The summed E-state index contributed by atoms with van der Waals surface area (Å²) < 4.78 is 32.3. The van der Waals surface area contributed by atoms with E-state index in [-0.39, 0.29) is 4.90 Å². The number of likely N-dealkylation sites (tertiary alicyclic amines) is 1. The van der Waals surface area contributed by atoms with E-state index in [0.29, 0.717) is 12.3 Å². The van der Waals surface area contributed by atoms with Gasteiger partial charge in [0.25, 0.3) is 0 Å². The van der Waals surface area contributed by atoms with Gasteiger partial charge in [-0.25, -0.2) is 13.1 Å². The average molecular weight is 312 g/mol. The number of rotatable bonds is 7. The zero-order chi connectivity index (χ0) is 15.1. The number of benzene rings is 1. The van der Waals surface area contributed by atoms with Gasteiger partial charge in [0.1, 0.15) is 10.6 Å². The summed E-state index contributed by atoms with van der Waals surface area (Å²) in [4.78, 5) is 2.60. The van der Waals surface area contributed by atoms with E-state index in [4.69, 9.17) is 4.74 Å². The van der Waals surface area contributed by atoms with Crippen LogP contribution in [0.25, 0.3) is 0 Å². The van der Waals surface area contributed by atoms with Crippen LogP contribution in [0.2, 0.25) is 0 Å². The summed E-state index contributed by atoms with van der Waals surface area (Å²) >= 11 is 0. The summed E-state index contributed by atoms with van der Waals surface area (Å²) in [6.45, 7) is 3.68. The zero-order valence-corrected chi connectivity index (χ0v) is 13.4. The molecule has 1 saturated heterocycles. The molecule has 0 amide bonds. The number of sulfonamides is 1. The van der Waals surface area contributed by atoms with Gasteiger partial charge in [0, 0.05) is 6.54 Å². The van der Waals surface area contributed by atoms with Crippen LogP contribution in [0.1, 0.15) is 25.7 Å². The van der Waals surface area contributed by atoms with Gasteiger partial charge in [-0.05, 0) is 51.0 Å². The second kappa shape index (κ2) is 7.77. The van der Waals surface area contributed by atoms with Gasteiger partial charge in [-0.15, -0.1) is 0 Å². The largest absolute Gasteiger partial charge is 0.495 e. The van der Waals surface area contributed by atoms with Crippen LogP contribution in [-0.2, 0) is 10.0 Å². The van der Waals surface area contributed by atoms with Gasteiger partial charge in [0.05, 0.1) is 7.11 Å². The van der Waals surface area contributed by atoms with E-state index in [1.807, 2.05) is 0 Å². The third-order valence-electron chi connectivity index (χ3n) is 3.75. The van der Waals surface area contributed by atoms with Crippen molar-refractivity contribution in [1.82, 2.24) is 9.62 Å². The van der Waals surface area contributed by atoms with E-state index < -0.39 is 10.0 Å². The minimum atomic E-state index is -3.50. The van der Waals surface area contributed by atoms with E-state index >= 15 is 0 Å². The molecule has 118 valence electrons. The highest BCUT2D eigenvalue weighted by molar-refractivity contribution is 7.89. The number of piperidine rings is 1. The maximum atomic E-state index is 12.3. The van der Waals surface area contributed by atoms with Crippen LogP contribution in [0.4, 0.5) is 0 Å². The predicted octanol–water partition coefficient (Wildman–Crippen LogP) is 1.85. The monoisotopic (exact) mass is 312 g/mol. The first kappa shape index (κ1) is 16.3. The quantitative estimate of drug-likeness (QED) is 0.781. The maximum absolute atomic E-state index is 12.3. The number of methoxy groups -OCH3 is 1. The number of para-hydroxylation sites is 1. The highest BCUT2D eigenvalue weighted by Crippen LogP contribution is 2.22. The molecule has 5 nitrogen and oxygen atoms in total. The Morgan fingerprint density at radius 2 is 1.90 bits per heavy atom. The van der Waals surface area contributed by atoms with E-state index in [9.17, 15) is 8.42 Å². The lowest BCUT2D eigenvalue weighted by Crippen LogP contribution is -2.33. The van der Waals surface area contributed by atoms with Crippen LogP contribution in [0.3, 0.4) is 0 Å². The third kappa shape index (κ3) is 4.69. The number of hydrogen-bond donors (Lipinski definition) is 1. The van der Waals surface area contributed by atoms with Gasteiger partial charge in [-0.3, -0.25) is 0 Å². The van der Waals surface area contributed by atoms with Crippen LogP contribution in [-0.4, -0.2) is 46.6 Å². The molecule has 6 heteroatoms. The van der Waals surface area contributed by atoms with E-state index in [1.165, 1.54) is 26.4 Å². The molecule has 1 fully saturated rings. The van der Waals surface area contributed by atoms with E-state index in [2.05, 4.69) is 9.62 Å². The van der Waals surface area contributed by atoms with Crippen LogP contribution >= 0.6 is 0 Å². The number of nitrogens with one attached hydrogen (secondary N) is 1. The van der Waals surface area contributed by atoms with Crippen LogP contribution in [0.5, 0.6) is 5.75 Å². The summed E-state index contributed by atoms with van der Waals surface area (Å²) in [5.41, 5.74) is 0. The first-order chi connectivity index (χ1) is 10.1. The lowest BCUT2D eigenvalue weighted by Gasteiger charge is -2.26. The van der Waals surface area contributed by atoms with Crippen LogP contribution in [0.15, 0.2) is 29.2 Å². The summed E-state index contributed by atoms with van der Waals surface area (Å²) in [7, 11) is -2.02. The van der Waals surface area contributed by atoms with Gasteiger partial charge in [-0.2, -0.15) is 0 Å². The Morgan fingerprint density at radius 1 is 1.19 bits per heavy atom. The molecule has 1 heterocycles. The van der Waals surface area contributed by atoms with Crippen LogP contribution in [0, 0.1) is 0 Å². The number of nitrogens with zero attached hydrogens (tertiary/aromatic N) is 1. The molecule has 0 spiro atoms. The van der Waals surface area contributed by atoms with Gasteiger partial charge in [0.15, 0.2) is 0 Å². The van der Waals surface area contributed by atoms with Crippen molar-refractivity contribution >= 4 is 10.0 Å². The Bertz CT molecular complexity index is 540. The molecule has 0 unspecified atom stereocenters. The molecule has 0 radical (unpaired) electrons. The Balaban J connectivity index is 1.83. The average Bonchev–Trinajstić information content (AvgIpc) is 2.52. The molecule has 0 atom stereocenters. The Morgan fingerprint density at radius 3 is 2.62 bits per heavy atom. The number of ether oxygens (including phenoxy) is 1. The first-order valence-corrected chi connectivity index (χ1v) is 8.97. The smallest absolute Gasteiger partial charge is 0.244 e. The summed E-state index contributed by atoms with van der Waals surface area (Å²) in [6.07, 6.45) is 4.66. The van der Waals surface area contributed by atoms with Gasteiger partial charge in [-0.1, -0.05) is 18.6 Å². The molecule has 0 aromatic heterocycles. The molecule has 1 aromatic rings. The van der Waals surface area contributed by atoms with Gasteiger partial charge in [0.2, 0.25) is 10.0 Å². The second-order valence-corrected chi connectivity index (χ2v) is 7.04. The Kier molecular flexibility index (Phi) is 6.02. The summed E-state index contributed by atoms with van der Waals surface area (Å²) in [5.74, 6) is 0.376. The van der Waals surface area contributed by atoms with Crippen molar-refractivity contribution in [3.05, 3.63) is 24.3 Å². The van der Waals surface area contributed by atoms with Crippen molar-refractivity contribution in [3.8, 4) is 5.75 Å². The van der Waals surface area contributed by atoms with Crippen molar-refractivity contribution < 1.29 is 13.2 Å². The fourth-order valence-electron chi connectivity index (χ4n) is 2.61. The Hall–Kier alpha value is -1.11. The maximum Gasteiger partial charge on any atom is 0.244 e. The van der Waals surface area contributed by atoms with Crippen molar-refractivity contribution in [2.24, 2.45) is 0 Å². The fraction of sp³-hybridized carbons (Fsp3) is 0.600. The molecule has 1 aliphatic heterocycles. The summed E-state index contributed by atoms with van der Waals surface area (Å²) in [6, 6.07) is 6.67. The molecule has 0 aliphatic carbocycles. The lowest BCUT2D eigenvalue weighted by molar-refractivity contribution is 0.227. The number of hydrogen-bond acceptors (Lipinski definition) is 4. The normalized spacial score (nSPS) is 16.8. The third-order valence-corrected chi connectivity index (χ3v) is 5.25. The minimum absolute atomic E-state index is 0.200. The van der Waals surface area contributed by atoms with Gasteiger partial charge < -0.3 is 9.64 Å². The molecule has 1 aliphatic rings. The summed E-state index contributed by atoms with van der Waals surface area (Å²) in [5, 5.41) is 0. The highest BCUT2D eigenvalue weighted by atomic mass is 32.2. The van der Waals surface area contributed by atoms with Crippen molar-refractivity contribution in [2.45, 2.75) is 30.6 Å². The molecular weight excluding hydrogens is 288 g/mol. The van der Waals surface area contributed by atoms with Crippen molar-refractivity contribution in [2.75, 3.05) is 33.3 Å². The Labute approximate surface area is 127 Å². The molecular formula is C15H24N2O3S. The SMILES string of the molecule is COc1ccccc1S(=O)(=O)NCCCN1CCCCC1. The molecule has 1 aromatic carbocycles. The van der Waals surface area contributed by atoms with Gasteiger partial charge >= 0.3 is 0 Å². The fourth-order valence-corrected chi connectivity index (χ4v) is 3.85. The molecule has 1 N–H and O–H groups in total. The van der Waals surface area contributed by atoms with Crippen molar-refractivity contribution in [3.63, 3.8) is 0 Å².